The van der Waals surface area contributed by atoms with Crippen molar-refractivity contribution in [3.63, 3.8) is 0 Å². The van der Waals surface area contributed by atoms with Crippen LogP contribution in [0.2, 0.25) is 0 Å². The second kappa shape index (κ2) is 3.44. The van der Waals surface area contributed by atoms with E-state index in [9.17, 15) is 9.59 Å². The first kappa shape index (κ1) is 10.3. The fourth-order valence-corrected chi connectivity index (χ4v) is 1.50. The van der Waals surface area contributed by atoms with Crippen LogP contribution in [0, 0.1) is 0 Å². The smallest absolute Gasteiger partial charge is 0.332 e. The number of hydrogen-bond donors (Lipinski definition) is 1. The van der Waals surface area contributed by atoms with Gasteiger partial charge in [-0.15, -0.1) is 10.2 Å². The van der Waals surface area contributed by atoms with Gasteiger partial charge in [0.25, 0.3) is 5.56 Å². The van der Waals surface area contributed by atoms with Gasteiger partial charge in [-0.1, -0.05) is 0 Å². The Morgan fingerprint density at radius 1 is 1.19 bits per heavy atom. The van der Waals surface area contributed by atoms with E-state index in [1.54, 1.807) is 20.2 Å². The van der Waals surface area contributed by atoms with Crippen LogP contribution in [0.1, 0.15) is 0 Å². The third-order valence-corrected chi connectivity index (χ3v) is 2.46. The summed E-state index contributed by atoms with van der Waals surface area (Å²) >= 11 is 0. The molecule has 0 spiro atoms. The van der Waals surface area contributed by atoms with E-state index in [1.165, 1.54) is 11.6 Å². The Bertz CT molecular complexity index is 670. The Labute approximate surface area is 90.3 Å². The maximum atomic E-state index is 11.8. The molecule has 0 amide bonds. The first-order valence-corrected chi connectivity index (χ1v) is 4.67. The summed E-state index contributed by atoms with van der Waals surface area (Å²) in [5, 5.41) is 10.8. The molecule has 0 aliphatic rings. The second-order valence-corrected chi connectivity index (χ2v) is 3.42. The van der Waals surface area contributed by atoms with Crippen LogP contribution in [0.15, 0.2) is 15.7 Å². The Morgan fingerprint density at radius 3 is 2.50 bits per heavy atom. The number of anilines is 1. The van der Waals surface area contributed by atoms with E-state index in [0.717, 1.165) is 4.57 Å². The lowest BCUT2D eigenvalue weighted by Crippen LogP contribution is -2.37. The molecule has 2 heterocycles. The first-order chi connectivity index (χ1) is 7.56. The molecule has 2 aromatic rings. The minimum atomic E-state index is -0.413. The van der Waals surface area contributed by atoms with Crippen molar-refractivity contribution in [3.8, 4) is 0 Å². The van der Waals surface area contributed by atoms with Crippen LogP contribution < -0.4 is 16.6 Å². The highest BCUT2D eigenvalue weighted by Gasteiger charge is 2.10. The molecule has 0 fully saturated rings. The number of nitrogens with zero attached hydrogens (tertiary/aromatic N) is 4. The molecule has 0 aromatic carbocycles. The maximum Gasteiger partial charge on any atom is 0.332 e. The van der Waals surface area contributed by atoms with Crippen LogP contribution >= 0.6 is 0 Å². The van der Waals surface area contributed by atoms with E-state index in [2.05, 4.69) is 15.5 Å². The highest BCUT2D eigenvalue weighted by atomic mass is 16.2. The standard InChI is InChI=1S/C9H11N5O2/c1-10-6-4-5-7(12-11-6)13(2)9(16)14(3)8(5)15/h4H,1-3H3,(H,10,11). The van der Waals surface area contributed by atoms with Crippen molar-refractivity contribution in [2.75, 3.05) is 12.4 Å². The van der Waals surface area contributed by atoms with Crippen molar-refractivity contribution in [1.82, 2.24) is 19.3 Å². The normalized spacial score (nSPS) is 10.7. The molecular weight excluding hydrogens is 210 g/mol. The topological polar surface area (TPSA) is 81.8 Å². The number of fused-ring (bicyclic) bond motifs is 1. The molecular formula is C9H11N5O2. The van der Waals surface area contributed by atoms with E-state index in [1.807, 2.05) is 0 Å². The molecule has 0 atom stereocenters. The fraction of sp³-hybridized carbons (Fsp3) is 0.333. The summed E-state index contributed by atoms with van der Waals surface area (Å²) in [4.78, 5) is 23.4. The van der Waals surface area contributed by atoms with Crippen LogP contribution in [0.5, 0.6) is 0 Å². The van der Waals surface area contributed by atoms with Crippen molar-refractivity contribution in [2.24, 2.45) is 14.1 Å². The summed E-state index contributed by atoms with van der Waals surface area (Å²) in [5.74, 6) is 0.489. The highest BCUT2D eigenvalue weighted by molar-refractivity contribution is 5.75. The van der Waals surface area contributed by atoms with Gasteiger partial charge >= 0.3 is 5.69 Å². The molecule has 7 nitrogen and oxygen atoms in total. The number of aromatic nitrogens is 4. The summed E-state index contributed by atoms with van der Waals surface area (Å²) in [6.45, 7) is 0. The van der Waals surface area contributed by atoms with Crippen molar-refractivity contribution in [2.45, 2.75) is 0 Å². The summed E-state index contributed by atoms with van der Waals surface area (Å²) in [5.41, 5.74) is -0.499. The van der Waals surface area contributed by atoms with Gasteiger partial charge in [-0.25, -0.2) is 4.79 Å². The van der Waals surface area contributed by atoms with Gasteiger partial charge in [0.1, 0.15) is 5.82 Å². The molecule has 7 heteroatoms. The molecule has 0 unspecified atom stereocenters. The Hall–Kier alpha value is -2.18. The lowest BCUT2D eigenvalue weighted by molar-refractivity contribution is 0.703. The SMILES string of the molecule is CNc1cc2c(=O)n(C)c(=O)n(C)c2nn1. The van der Waals surface area contributed by atoms with Crippen molar-refractivity contribution < 1.29 is 0 Å². The summed E-state index contributed by atoms with van der Waals surface area (Å²) in [7, 11) is 4.67. The summed E-state index contributed by atoms with van der Waals surface area (Å²) < 4.78 is 2.34. The molecule has 0 radical (unpaired) electrons. The molecule has 84 valence electrons. The molecule has 0 bridgehead atoms. The third-order valence-electron chi connectivity index (χ3n) is 2.46. The zero-order chi connectivity index (χ0) is 11.9. The molecule has 1 N–H and O–H groups in total. The summed E-state index contributed by atoms with van der Waals surface area (Å²) in [6.07, 6.45) is 0. The van der Waals surface area contributed by atoms with E-state index in [0.29, 0.717) is 11.2 Å². The van der Waals surface area contributed by atoms with Crippen LogP contribution in [0.4, 0.5) is 5.82 Å². The molecule has 0 saturated carbocycles. The number of nitrogens with one attached hydrogen (secondary N) is 1. The minimum Gasteiger partial charge on any atom is -0.372 e. The minimum absolute atomic E-state index is 0.284. The zero-order valence-corrected chi connectivity index (χ0v) is 9.18. The predicted molar refractivity (Wildman–Crippen MR) is 59.6 cm³/mol. The Kier molecular flexibility index (Phi) is 2.22. The van der Waals surface area contributed by atoms with E-state index in [-0.39, 0.29) is 11.2 Å². The maximum absolute atomic E-state index is 11.8. The zero-order valence-electron chi connectivity index (χ0n) is 9.18. The van der Waals surface area contributed by atoms with Gasteiger partial charge in [0.2, 0.25) is 0 Å². The average Bonchev–Trinajstić information content (AvgIpc) is 2.33. The van der Waals surface area contributed by atoms with E-state index in [4.69, 9.17) is 0 Å². The lowest BCUT2D eigenvalue weighted by atomic mass is 10.3. The average molecular weight is 221 g/mol. The van der Waals surface area contributed by atoms with E-state index >= 15 is 0 Å². The quantitative estimate of drug-likeness (QED) is 0.672. The van der Waals surface area contributed by atoms with Gasteiger partial charge in [-0.05, 0) is 6.07 Å². The van der Waals surface area contributed by atoms with Crippen molar-refractivity contribution >= 4 is 16.9 Å². The van der Waals surface area contributed by atoms with Gasteiger partial charge in [0.05, 0.1) is 5.39 Å². The predicted octanol–water partition coefficient (Wildman–Crippen LogP) is -0.931. The van der Waals surface area contributed by atoms with Gasteiger partial charge < -0.3 is 5.32 Å². The molecule has 0 aliphatic heterocycles. The van der Waals surface area contributed by atoms with Gasteiger partial charge in [-0.2, -0.15) is 0 Å². The van der Waals surface area contributed by atoms with Crippen LogP contribution in [0.3, 0.4) is 0 Å². The molecule has 16 heavy (non-hydrogen) atoms. The van der Waals surface area contributed by atoms with Gasteiger partial charge in [-0.3, -0.25) is 13.9 Å². The monoisotopic (exact) mass is 221 g/mol. The molecule has 0 saturated heterocycles. The fourth-order valence-electron chi connectivity index (χ4n) is 1.50. The van der Waals surface area contributed by atoms with Crippen molar-refractivity contribution in [1.29, 1.82) is 0 Å². The number of aryl methyl sites for hydroxylation is 1. The van der Waals surface area contributed by atoms with Crippen LogP contribution in [-0.4, -0.2) is 26.4 Å². The first-order valence-electron chi connectivity index (χ1n) is 4.67. The highest BCUT2D eigenvalue weighted by Crippen LogP contribution is 2.07. The molecule has 2 rings (SSSR count). The van der Waals surface area contributed by atoms with Crippen molar-refractivity contribution in [3.05, 3.63) is 26.9 Å². The number of rotatable bonds is 1. The Morgan fingerprint density at radius 2 is 1.88 bits per heavy atom. The lowest BCUT2D eigenvalue weighted by Gasteiger charge is -2.06. The van der Waals surface area contributed by atoms with Crippen LogP contribution in [0.25, 0.3) is 11.0 Å². The second-order valence-electron chi connectivity index (χ2n) is 3.42. The summed E-state index contributed by atoms with van der Waals surface area (Å²) in [6, 6.07) is 1.57. The van der Waals surface area contributed by atoms with Gasteiger partial charge in [0.15, 0.2) is 5.65 Å². The molecule has 0 aliphatic carbocycles. The Balaban J connectivity index is 3.03. The third kappa shape index (κ3) is 1.28. The number of hydrogen-bond acceptors (Lipinski definition) is 5. The van der Waals surface area contributed by atoms with Gasteiger partial charge in [0, 0.05) is 21.1 Å². The van der Waals surface area contributed by atoms with Crippen LogP contribution in [-0.2, 0) is 14.1 Å². The molecule has 2 aromatic heterocycles. The largest absolute Gasteiger partial charge is 0.372 e. The van der Waals surface area contributed by atoms with E-state index < -0.39 is 5.69 Å².